The van der Waals surface area contributed by atoms with Crippen molar-refractivity contribution in [1.29, 1.82) is 0 Å². The molecule has 0 saturated carbocycles. The van der Waals surface area contributed by atoms with Crippen molar-refractivity contribution in [2.24, 2.45) is 5.73 Å². The molecular weight excluding hydrogens is 218 g/mol. The lowest BCUT2D eigenvalue weighted by Crippen LogP contribution is -2.03. The van der Waals surface area contributed by atoms with Gasteiger partial charge in [0.15, 0.2) is 0 Å². The summed E-state index contributed by atoms with van der Waals surface area (Å²) in [6.45, 7) is 5.02. The number of hydrogen-bond donors (Lipinski definition) is 1. The van der Waals surface area contributed by atoms with Gasteiger partial charge in [-0.25, -0.2) is 0 Å². The van der Waals surface area contributed by atoms with E-state index in [-0.39, 0.29) is 0 Å². The van der Waals surface area contributed by atoms with Gasteiger partial charge in [0.05, 0.1) is 7.11 Å². The van der Waals surface area contributed by atoms with Gasteiger partial charge in [0.1, 0.15) is 5.75 Å². The first-order valence-corrected chi connectivity index (χ1v) is 6.76. The van der Waals surface area contributed by atoms with Crippen molar-refractivity contribution in [3.63, 3.8) is 0 Å². The van der Waals surface area contributed by atoms with Gasteiger partial charge in [-0.3, -0.25) is 0 Å². The van der Waals surface area contributed by atoms with E-state index in [1.54, 1.807) is 7.11 Å². The number of aryl methyl sites for hydroxylation is 3. The van der Waals surface area contributed by atoms with E-state index in [1.165, 1.54) is 16.7 Å². The lowest BCUT2D eigenvalue weighted by Gasteiger charge is -2.11. The summed E-state index contributed by atoms with van der Waals surface area (Å²) in [7, 11) is 1.74. The fraction of sp³-hybridized carbons (Fsp3) is 0.538. The zero-order chi connectivity index (χ0) is 12.0. The number of nitrogens with two attached hydrogens (primary N) is 1. The summed E-state index contributed by atoms with van der Waals surface area (Å²) in [5.74, 6) is 3.15. The molecule has 0 saturated heterocycles. The molecule has 0 atom stereocenters. The Bertz CT molecular complexity index is 339. The monoisotopic (exact) mass is 239 g/mol. The van der Waals surface area contributed by atoms with Crippen LogP contribution in [-0.4, -0.2) is 25.2 Å². The van der Waals surface area contributed by atoms with Crippen LogP contribution in [-0.2, 0) is 6.42 Å². The predicted octanol–water partition coefficient (Wildman–Crippen LogP) is 2.55. The topological polar surface area (TPSA) is 35.2 Å². The Morgan fingerprint density at radius 2 is 1.88 bits per heavy atom. The largest absolute Gasteiger partial charge is 0.496 e. The van der Waals surface area contributed by atoms with Gasteiger partial charge in [-0.15, -0.1) is 0 Å². The van der Waals surface area contributed by atoms with Crippen LogP contribution in [0.2, 0.25) is 0 Å². The van der Waals surface area contributed by atoms with E-state index in [4.69, 9.17) is 10.5 Å². The fourth-order valence-electron chi connectivity index (χ4n) is 1.60. The highest BCUT2D eigenvalue weighted by Gasteiger charge is 2.05. The Labute approximate surface area is 103 Å². The standard InChI is InChI=1S/C13H21NOS/c1-10-8-12(4-6-16-7-5-14)13(15-3)9-11(10)2/h8-9H,4-7,14H2,1-3H3. The third kappa shape index (κ3) is 3.72. The number of rotatable bonds is 6. The summed E-state index contributed by atoms with van der Waals surface area (Å²) in [5, 5.41) is 0. The maximum absolute atomic E-state index is 5.46. The molecule has 1 aromatic carbocycles. The van der Waals surface area contributed by atoms with Crippen molar-refractivity contribution >= 4 is 11.8 Å². The zero-order valence-corrected chi connectivity index (χ0v) is 11.2. The maximum Gasteiger partial charge on any atom is 0.122 e. The third-order valence-corrected chi connectivity index (χ3v) is 3.69. The summed E-state index contributed by atoms with van der Waals surface area (Å²) in [5.41, 5.74) is 9.38. The average Bonchev–Trinajstić information content (AvgIpc) is 2.28. The predicted molar refractivity (Wildman–Crippen MR) is 72.6 cm³/mol. The van der Waals surface area contributed by atoms with Gasteiger partial charge < -0.3 is 10.5 Å². The van der Waals surface area contributed by atoms with Crippen LogP contribution < -0.4 is 10.5 Å². The maximum atomic E-state index is 5.46. The molecule has 0 heterocycles. The molecular formula is C13H21NOS. The highest BCUT2D eigenvalue weighted by Crippen LogP contribution is 2.24. The highest BCUT2D eigenvalue weighted by molar-refractivity contribution is 7.99. The summed E-state index contributed by atoms with van der Waals surface area (Å²) in [6.07, 6.45) is 1.05. The van der Waals surface area contributed by atoms with Crippen molar-refractivity contribution in [3.05, 3.63) is 28.8 Å². The lowest BCUT2D eigenvalue weighted by atomic mass is 10.0. The smallest absolute Gasteiger partial charge is 0.122 e. The first-order chi connectivity index (χ1) is 7.69. The first kappa shape index (κ1) is 13.4. The molecule has 1 aromatic rings. The number of methoxy groups -OCH3 is 1. The summed E-state index contributed by atoms with van der Waals surface area (Å²) < 4.78 is 5.40. The summed E-state index contributed by atoms with van der Waals surface area (Å²) in [4.78, 5) is 0. The molecule has 0 unspecified atom stereocenters. The van der Waals surface area contributed by atoms with E-state index in [1.807, 2.05) is 11.8 Å². The molecule has 90 valence electrons. The molecule has 2 N–H and O–H groups in total. The molecule has 0 aliphatic heterocycles. The van der Waals surface area contributed by atoms with Crippen LogP contribution in [0.4, 0.5) is 0 Å². The lowest BCUT2D eigenvalue weighted by molar-refractivity contribution is 0.410. The Morgan fingerprint density at radius 3 is 2.50 bits per heavy atom. The minimum absolute atomic E-state index is 0.759. The molecule has 16 heavy (non-hydrogen) atoms. The molecule has 0 fully saturated rings. The summed E-state index contributed by atoms with van der Waals surface area (Å²) in [6, 6.07) is 4.36. The molecule has 0 bridgehead atoms. The van der Waals surface area contributed by atoms with Gasteiger partial charge in [-0.2, -0.15) is 11.8 Å². The number of ether oxygens (including phenoxy) is 1. The van der Waals surface area contributed by atoms with Gasteiger partial charge in [-0.1, -0.05) is 6.07 Å². The van der Waals surface area contributed by atoms with Gasteiger partial charge >= 0.3 is 0 Å². The molecule has 0 aliphatic rings. The molecule has 0 aromatic heterocycles. The van der Waals surface area contributed by atoms with E-state index in [2.05, 4.69) is 26.0 Å². The normalized spacial score (nSPS) is 10.5. The van der Waals surface area contributed by atoms with E-state index >= 15 is 0 Å². The van der Waals surface area contributed by atoms with Crippen molar-refractivity contribution in [1.82, 2.24) is 0 Å². The van der Waals surface area contributed by atoms with Crippen molar-refractivity contribution in [2.45, 2.75) is 20.3 Å². The molecule has 0 aliphatic carbocycles. The van der Waals surface area contributed by atoms with Crippen LogP contribution in [0.15, 0.2) is 12.1 Å². The van der Waals surface area contributed by atoms with E-state index in [0.29, 0.717) is 0 Å². The van der Waals surface area contributed by atoms with E-state index in [0.717, 1.165) is 30.2 Å². The Kier molecular flexibility index (Phi) is 5.71. The second kappa shape index (κ2) is 6.81. The highest BCUT2D eigenvalue weighted by atomic mass is 32.2. The van der Waals surface area contributed by atoms with Crippen molar-refractivity contribution in [2.75, 3.05) is 25.2 Å². The van der Waals surface area contributed by atoms with Crippen LogP contribution in [0.25, 0.3) is 0 Å². The van der Waals surface area contributed by atoms with Crippen LogP contribution in [0, 0.1) is 13.8 Å². The van der Waals surface area contributed by atoms with Crippen LogP contribution in [0.1, 0.15) is 16.7 Å². The van der Waals surface area contributed by atoms with Gasteiger partial charge in [0.2, 0.25) is 0 Å². The number of thioether (sulfide) groups is 1. The molecule has 2 nitrogen and oxygen atoms in total. The average molecular weight is 239 g/mol. The molecule has 3 heteroatoms. The van der Waals surface area contributed by atoms with Crippen LogP contribution >= 0.6 is 11.8 Å². The van der Waals surface area contributed by atoms with E-state index in [9.17, 15) is 0 Å². The second-order valence-electron chi connectivity index (χ2n) is 3.90. The fourth-order valence-corrected chi connectivity index (χ4v) is 2.34. The third-order valence-electron chi connectivity index (χ3n) is 2.67. The number of hydrogen-bond acceptors (Lipinski definition) is 3. The minimum atomic E-state index is 0.759. The molecule has 0 amide bonds. The molecule has 0 radical (unpaired) electrons. The van der Waals surface area contributed by atoms with Crippen LogP contribution in [0.5, 0.6) is 5.75 Å². The molecule has 0 spiro atoms. The summed E-state index contributed by atoms with van der Waals surface area (Å²) >= 11 is 1.90. The zero-order valence-electron chi connectivity index (χ0n) is 10.4. The van der Waals surface area contributed by atoms with E-state index < -0.39 is 0 Å². The van der Waals surface area contributed by atoms with Crippen molar-refractivity contribution in [3.8, 4) is 5.75 Å². The van der Waals surface area contributed by atoms with Gasteiger partial charge in [0, 0.05) is 12.3 Å². The quantitative estimate of drug-likeness (QED) is 0.775. The SMILES string of the molecule is COc1cc(C)c(C)cc1CCSCCN. The Hall–Kier alpha value is -0.670. The minimum Gasteiger partial charge on any atom is -0.496 e. The van der Waals surface area contributed by atoms with Crippen LogP contribution in [0.3, 0.4) is 0 Å². The Balaban J connectivity index is 2.66. The first-order valence-electron chi connectivity index (χ1n) is 5.61. The van der Waals surface area contributed by atoms with Gasteiger partial charge in [0.25, 0.3) is 0 Å². The second-order valence-corrected chi connectivity index (χ2v) is 5.12. The van der Waals surface area contributed by atoms with Gasteiger partial charge in [-0.05, 0) is 48.8 Å². The number of benzene rings is 1. The van der Waals surface area contributed by atoms with Crippen molar-refractivity contribution < 1.29 is 4.74 Å². The molecule has 1 rings (SSSR count). The Morgan fingerprint density at radius 1 is 1.19 bits per heavy atom.